The highest BCUT2D eigenvalue weighted by atomic mass is 15.3. The molecule has 106 valence electrons. The van der Waals surface area contributed by atoms with E-state index in [2.05, 4.69) is 29.0 Å². The van der Waals surface area contributed by atoms with E-state index in [0.717, 1.165) is 12.0 Å². The molecule has 2 fully saturated rings. The predicted octanol–water partition coefficient (Wildman–Crippen LogP) is 1.79. The van der Waals surface area contributed by atoms with Gasteiger partial charge in [0, 0.05) is 45.3 Å². The second-order valence-electron chi connectivity index (χ2n) is 6.39. The first-order valence-corrected chi connectivity index (χ1v) is 7.93. The van der Waals surface area contributed by atoms with Crippen molar-refractivity contribution in [3.63, 3.8) is 0 Å². The number of piperazine rings is 1. The van der Waals surface area contributed by atoms with E-state index in [1.54, 1.807) is 0 Å². The number of hydrogen-bond acceptors (Lipinski definition) is 3. The third kappa shape index (κ3) is 5.25. The van der Waals surface area contributed by atoms with Gasteiger partial charge in [0.05, 0.1) is 0 Å². The van der Waals surface area contributed by atoms with Crippen molar-refractivity contribution in [1.82, 2.24) is 15.1 Å². The van der Waals surface area contributed by atoms with Gasteiger partial charge in [-0.2, -0.15) is 0 Å². The normalized spacial score (nSPS) is 22.8. The van der Waals surface area contributed by atoms with Gasteiger partial charge in [0.2, 0.25) is 0 Å². The summed E-state index contributed by atoms with van der Waals surface area (Å²) in [7, 11) is 0. The molecule has 3 nitrogen and oxygen atoms in total. The third-order valence-corrected chi connectivity index (χ3v) is 4.21. The molecule has 0 bridgehead atoms. The van der Waals surface area contributed by atoms with Crippen LogP contribution in [0.4, 0.5) is 0 Å². The van der Waals surface area contributed by atoms with E-state index in [9.17, 15) is 0 Å². The lowest BCUT2D eigenvalue weighted by Crippen LogP contribution is -2.48. The fourth-order valence-corrected chi connectivity index (χ4v) is 2.79. The molecule has 1 heterocycles. The van der Waals surface area contributed by atoms with Gasteiger partial charge >= 0.3 is 0 Å². The van der Waals surface area contributed by atoms with Crippen LogP contribution in [0.15, 0.2) is 0 Å². The summed E-state index contributed by atoms with van der Waals surface area (Å²) in [6.45, 7) is 13.4. The largest absolute Gasteiger partial charge is 0.315 e. The molecular weight excluding hydrogens is 222 g/mol. The Kier molecular flexibility index (Phi) is 5.93. The van der Waals surface area contributed by atoms with Crippen LogP contribution in [0, 0.1) is 5.92 Å². The molecular formula is C15H31N3. The van der Waals surface area contributed by atoms with E-state index in [1.165, 1.54) is 71.5 Å². The first kappa shape index (κ1) is 14.3. The number of rotatable bonds is 8. The summed E-state index contributed by atoms with van der Waals surface area (Å²) in [6, 6.07) is 0.960. The minimum Gasteiger partial charge on any atom is -0.315 e. The lowest BCUT2D eigenvalue weighted by Gasteiger charge is -2.34. The van der Waals surface area contributed by atoms with Crippen molar-refractivity contribution >= 4 is 0 Å². The van der Waals surface area contributed by atoms with Crippen LogP contribution in [0.3, 0.4) is 0 Å². The number of hydrogen-bond donors (Lipinski definition) is 1. The van der Waals surface area contributed by atoms with Crippen molar-refractivity contribution in [3.05, 3.63) is 0 Å². The maximum Gasteiger partial charge on any atom is 0.0113 e. The van der Waals surface area contributed by atoms with Crippen molar-refractivity contribution < 1.29 is 0 Å². The molecule has 2 aliphatic rings. The fourth-order valence-electron chi connectivity index (χ4n) is 2.79. The smallest absolute Gasteiger partial charge is 0.0113 e. The van der Waals surface area contributed by atoms with Gasteiger partial charge in [-0.15, -0.1) is 0 Å². The van der Waals surface area contributed by atoms with Crippen LogP contribution in [-0.4, -0.2) is 61.7 Å². The van der Waals surface area contributed by atoms with E-state index < -0.39 is 0 Å². The molecule has 0 aromatic heterocycles. The Morgan fingerprint density at radius 2 is 1.78 bits per heavy atom. The Hall–Kier alpha value is -0.120. The van der Waals surface area contributed by atoms with Gasteiger partial charge < -0.3 is 5.32 Å². The Labute approximate surface area is 113 Å². The average molecular weight is 253 g/mol. The Morgan fingerprint density at radius 1 is 1.06 bits per heavy atom. The maximum atomic E-state index is 3.58. The summed E-state index contributed by atoms with van der Waals surface area (Å²) in [6.07, 6.45) is 5.59. The quantitative estimate of drug-likeness (QED) is 0.665. The summed E-state index contributed by atoms with van der Waals surface area (Å²) >= 11 is 0. The zero-order valence-electron chi connectivity index (χ0n) is 12.3. The van der Waals surface area contributed by atoms with Crippen LogP contribution >= 0.6 is 0 Å². The van der Waals surface area contributed by atoms with E-state index in [4.69, 9.17) is 0 Å². The van der Waals surface area contributed by atoms with Crippen LogP contribution in [-0.2, 0) is 0 Å². The van der Waals surface area contributed by atoms with Crippen molar-refractivity contribution in [2.24, 2.45) is 5.92 Å². The Balaban J connectivity index is 1.43. The summed E-state index contributed by atoms with van der Waals surface area (Å²) < 4.78 is 0. The van der Waals surface area contributed by atoms with Crippen LogP contribution in [0.2, 0.25) is 0 Å². The van der Waals surface area contributed by atoms with Gasteiger partial charge in [0.1, 0.15) is 0 Å². The SMILES string of the molecule is CC(C)CCCNCCN1CCN(C2CC2)CC1. The monoisotopic (exact) mass is 253 g/mol. The lowest BCUT2D eigenvalue weighted by molar-refractivity contribution is 0.127. The molecule has 1 saturated carbocycles. The number of nitrogens with one attached hydrogen (secondary N) is 1. The molecule has 0 unspecified atom stereocenters. The van der Waals surface area contributed by atoms with E-state index in [0.29, 0.717) is 0 Å². The van der Waals surface area contributed by atoms with E-state index in [1.807, 2.05) is 0 Å². The van der Waals surface area contributed by atoms with Crippen LogP contribution < -0.4 is 5.32 Å². The molecule has 1 N–H and O–H groups in total. The molecule has 1 aliphatic heterocycles. The highest BCUT2D eigenvalue weighted by Gasteiger charge is 2.30. The molecule has 0 amide bonds. The Morgan fingerprint density at radius 3 is 2.39 bits per heavy atom. The van der Waals surface area contributed by atoms with Gasteiger partial charge in [-0.1, -0.05) is 13.8 Å². The predicted molar refractivity (Wildman–Crippen MR) is 78.0 cm³/mol. The minimum absolute atomic E-state index is 0.849. The number of nitrogens with zero attached hydrogens (tertiary/aromatic N) is 2. The molecule has 0 radical (unpaired) electrons. The molecule has 18 heavy (non-hydrogen) atoms. The van der Waals surface area contributed by atoms with Gasteiger partial charge in [-0.3, -0.25) is 9.80 Å². The minimum atomic E-state index is 0.849. The molecule has 2 rings (SSSR count). The second-order valence-corrected chi connectivity index (χ2v) is 6.39. The standard InChI is InChI=1S/C15H31N3/c1-14(2)4-3-7-16-8-9-17-10-12-18(13-11-17)15-5-6-15/h14-16H,3-13H2,1-2H3. The highest BCUT2D eigenvalue weighted by molar-refractivity contribution is 4.87. The van der Waals surface area contributed by atoms with Crippen LogP contribution in [0.5, 0.6) is 0 Å². The van der Waals surface area contributed by atoms with Crippen molar-refractivity contribution in [2.45, 2.75) is 45.6 Å². The summed E-state index contributed by atoms with van der Waals surface area (Å²) in [4.78, 5) is 5.31. The first-order chi connectivity index (χ1) is 8.75. The zero-order valence-corrected chi connectivity index (χ0v) is 12.3. The summed E-state index contributed by atoms with van der Waals surface area (Å²) in [5, 5.41) is 3.58. The third-order valence-electron chi connectivity index (χ3n) is 4.21. The van der Waals surface area contributed by atoms with Gasteiger partial charge in [-0.25, -0.2) is 0 Å². The average Bonchev–Trinajstić information content (AvgIpc) is 3.18. The summed E-state index contributed by atoms with van der Waals surface area (Å²) in [5.74, 6) is 0.849. The molecule has 1 aliphatic carbocycles. The van der Waals surface area contributed by atoms with Gasteiger partial charge in [0.25, 0.3) is 0 Å². The van der Waals surface area contributed by atoms with E-state index in [-0.39, 0.29) is 0 Å². The molecule has 0 spiro atoms. The lowest BCUT2D eigenvalue weighted by atomic mass is 10.1. The molecule has 1 saturated heterocycles. The highest BCUT2D eigenvalue weighted by Crippen LogP contribution is 2.27. The Bertz CT molecular complexity index is 218. The van der Waals surface area contributed by atoms with Crippen molar-refractivity contribution in [1.29, 1.82) is 0 Å². The van der Waals surface area contributed by atoms with E-state index >= 15 is 0 Å². The first-order valence-electron chi connectivity index (χ1n) is 7.93. The maximum absolute atomic E-state index is 3.58. The van der Waals surface area contributed by atoms with Crippen LogP contribution in [0.25, 0.3) is 0 Å². The van der Waals surface area contributed by atoms with Crippen molar-refractivity contribution in [2.75, 3.05) is 45.8 Å². The molecule has 0 aromatic carbocycles. The zero-order chi connectivity index (χ0) is 12.8. The molecule has 3 heteroatoms. The topological polar surface area (TPSA) is 18.5 Å². The molecule has 0 aromatic rings. The van der Waals surface area contributed by atoms with Gasteiger partial charge in [-0.05, 0) is 38.1 Å². The van der Waals surface area contributed by atoms with Crippen molar-refractivity contribution in [3.8, 4) is 0 Å². The molecule has 0 atom stereocenters. The summed E-state index contributed by atoms with van der Waals surface area (Å²) in [5.41, 5.74) is 0. The van der Waals surface area contributed by atoms with Crippen LogP contribution in [0.1, 0.15) is 39.5 Å². The fraction of sp³-hybridized carbons (Fsp3) is 1.00. The van der Waals surface area contributed by atoms with Gasteiger partial charge in [0.15, 0.2) is 0 Å². The second kappa shape index (κ2) is 7.46.